The molecule has 1 aliphatic carbocycles. The van der Waals surface area contributed by atoms with Gasteiger partial charge in [0.15, 0.2) is 11.5 Å². The van der Waals surface area contributed by atoms with Crippen molar-refractivity contribution in [1.82, 2.24) is 9.80 Å². The van der Waals surface area contributed by atoms with E-state index < -0.39 is 29.7 Å². The number of esters is 1. The molecule has 0 spiro atoms. The fraction of sp³-hybridized carbons (Fsp3) is 0.545. The van der Waals surface area contributed by atoms with Crippen LogP contribution in [-0.2, 0) is 32.1 Å². The maximum atomic E-state index is 14.2. The number of carbonyl (C=O) groups excluding carboxylic acids is 3. The molecule has 3 aliphatic rings. The highest BCUT2D eigenvalue weighted by molar-refractivity contribution is 5.89. The van der Waals surface area contributed by atoms with Crippen LogP contribution in [0.15, 0.2) is 48.5 Å². The lowest BCUT2D eigenvalue weighted by atomic mass is 9.82. The molecule has 4 bridgehead atoms. The van der Waals surface area contributed by atoms with E-state index in [1.54, 1.807) is 42.0 Å². The minimum atomic E-state index is -0.933. The maximum Gasteiger partial charge on any atom is 0.410 e. The van der Waals surface area contributed by atoms with Gasteiger partial charge in [0, 0.05) is 20.5 Å². The van der Waals surface area contributed by atoms with Gasteiger partial charge in [-0.05, 0) is 82.1 Å². The van der Waals surface area contributed by atoms with Crippen molar-refractivity contribution < 1.29 is 33.3 Å². The number of fused-ring (bicyclic) bond motifs is 7. The van der Waals surface area contributed by atoms with Crippen LogP contribution in [0.2, 0.25) is 0 Å². The molecule has 42 heavy (non-hydrogen) atoms. The standard InChI is InChI=1S/C33H44N2O7/c1-33(2,3)42-32(38)35(5)26-18-22-12-15-25(16-13-22)41-29-20-24(14-17-28(29)39-6)19-27(34(4)30(26)36)31(37)40-21-23-10-8-7-9-11-23/h7-11,14,17,20,22,25-27H,12-13,15-16,18-19,21H2,1-6H3/t22?,25?,26-,27+/m0/s1. The number of hydrogen-bond donors (Lipinski definition) is 0. The fourth-order valence-electron chi connectivity index (χ4n) is 5.62. The van der Waals surface area contributed by atoms with Gasteiger partial charge in [0.25, 0.3) is 0 Å². The van der Waals surface area contributed by atoms with Crippen LogP contribution in [0.3, 0.4) is 0 Å². The number of benzene rings is 2. The van der Waals surface area contributed by atoms with Gasteiger partial charge in [0.1, 0.15) is 24.3 Å². The lowest BCUT2D eigenvalue weighted by molar-refractivity contribution is -0.156. The van der Waals surface area contributed by atoms with Gasteiger partial charge in [-0.1, -0.05) is 36.4 Å². The second-order valence-corrected chi connectivity index (χ2v) is 12.4. The van der Waals surface area contributed by atoms with Gasteiger partial charge < -0.3 is 23.8 Å². The SMILES string of the molecule is COc1ccc2cc1OC1CCC(CC1)C[C@H](N(C)C(=O)OC(C)(C)C)C(=O)N(C)[C@@H](C(=O)OCc1ccccc1)C2. The molecule has 0 radical (unpaired) electrons. The van der Waals surface area contributed by atoms with Crippen LogP contribution in [0.1, 0.15) is 64.0 Å². The summed E-state index contributed by atoms with van der Waals surface area (Å²) < 4.78 is 23.4. The molecule has 0 N–H and O–H groups in total. The van der Waals surface area contributed by atoms with Gasteiger partial charge in [-0.2, -0.15) is 0 Å². The smallest absolute Gasteiger partial charge is 0.410 e. The fourth-order valence-corrected chi connectivity index (χ4v) is 5.62. The van der Waals surface area contributed by atoms with Gasteiger partial charge in [0.05, 0.1) is 13.2 Å². The van der Waals surface area contributed by atoms with E-state index in [9.17, 15) is 14.4 Å². The molecule has 0 saturated heterocycles. The predicted octanol–water partition coefficient (Wildman–Crippen LogP) is 5.38. The number of ether oxygens (including phenoxy) is 4. The van der Waals surface area contributed by atoms with E-state index in [0.29, 0.717) is 17.9 Å². The summed E-state index contributed by atoms with van der Waals surface area (Å²) in [5.41, 5.74) is 0.932. The van der Waals surface area contributed by atoms with Crippen LogP contribution in [-0.4, -0.2) is 72.8 Å². The van der Waals surface area contributed by atoms with Crippen molar-refractivity contribution in [2.45, 2.75) is 89.7 Å². The highest BCUT2D eigenvalue weighted by atomic mass is 16.6. The first-order valence-electron chi connectivity index (χ1n) is 14.7. The molecular formula is C33H44N2O7. The molecule has 2 atom stereocenters. The van der Waals surface area contributed by atoms with Crippen molar-refractivity contribution in [1.29, 1.82) is 0 Å². The molecule has 2 heterocycles. The average molecular weight is 581 g/mol. The predicted molar refractivity (Wildman–Crippen MR) is 158 cm³/mol. The van der Waals surface area contributed by atoms with Gasteiger partial charge in [0.2, 0.25) is 5.91 Å². The Morgan fingerprint density at radius 1 is 1.05 bits per heavy atom. The zero-order valence-corrected chi connectivity index (χ0v) is 25.6. The largest absolute Gasteiger partial charge is 0.493 e. The van der Waals surface area contributed by atoms with Gasteiger partial charge in [-0.15, -0.1) is 0 Å². The molecule has 1 saturated carbocycles. The van der Waals surface area contributed by atoms with E-state index in [4.69, 9.17) is 18.9 Å². The maximum absolute atomic E-state index is 14.2. The first kappa shape index (κ1) is 31.2. The molecule has 2 aromatic rings. The van der Waals surface area contributed by atoms with Gasteiger partial charge >= 0.3 is 12.1 Å². The monoisotopic (exact) mass is 580 g/mol. The Hall–Kier alpha value is -3.75. The Labute approximate surface area is 249 Å². The van der Waals surface area contributed by atoms with E-state index >= 15 is 0 Å². The summed E-state index contributed by atoms with van der Waals surface area (Å²) in [6.07, 6.45) is 3.48. The second kappa shape index (κ2) is 13.5. The van der Waals surface area contributed by atoms with Crippen LogP contribution in [0.5, 0.6) is 11.5 Å². The minimum absolute atomic E-state index is 0.0142. The molecular weight excluding hydrogens is 536 g/mol. The number of hydrogen-bond acceptors (Lipinski definition) is 7. The lowest BCUT2D eigenvalue weighted by Crippen LogP contribution is -2.55. The van der Waals surface area contributed by atoms with Crippen molar-refractivity contribution in [3.8, 4) is 11.5 Å². The third-order valence-electron chi connectivity index (χ3n) is 8.05. The molecule has 1 fully saturated rings. The lowest BCUT2D eigenvalue weighted by Gasteiger charge is -2.38. The normalized spacial score (nSPS) is 22.9. The van der Waals surface area contributed by atoms with Crippen LogP contribution in [0.25, 0.3) is 0 Å². The Bertz CT molecular complexity index is 1230. The van der Waals surface area contributed by atoms with Crippen molar-refractivity contribution in [2.75, 3.05) is 21.2 Å². The average Bonchev–Trinajstić information content (AvgIpc) is 2.96. The third kappa shape index (κ3) is 7.95. The van der Waals surface area contributed by atoms with Crippen molar-refractivity contribution in [3.63, 3.8) is 0 Å². The summed E-state index contributed by atoms with van der Waals surface area (Å²) in [5, 5.41) is 0. The van der Waals surface area contributed by atoms with Crippen molar-refractivity contribution in [2.24, 2.45) is 5.92 Å². The third-order valence-corrected chi connectivity index (χ3v) is 8.05. The highest BCUT2D eigenvalue weighted by Gasteiger charge is 2.39. The topological polar surface area (TPSA) is 94.6 Å². The zero-order valence-electron chi connectivity index (χ0n) is 25.6. The molecule has 0 unspecified atom stereocenters. The molecule has 228 valence electrons. The van der Waals surface area contributed by atoms with Crippen LogP contribution >= 0.6 is 0 Å². The number of methoxy groups -OCH3 is 1. The summed E-state index contributed by atoms with van der Waals surface area (Å²) in [6.45, 7) is 5.47. The zero-order chi connectivity index (χ0) is 30.4. The van der Waals surface area contributed by atoms with E-state index in [2.05, 4.69) is 0 Å². The molecule has 9 nitrogen and oxygen atoms in total. The molecule has 0 aromatic heterocycles. The Morgan fingerprint density at radius 2 is 1.74 bits per heavy atom. The number of carbonyl (C=O) groups is 3. The molecule has 9 heteroatoms. The summed E-state index contributed by atoms with van der Waals surface area (Å²) >= 11 is 0. The number of rotatable bonds is 5. The molecule has 2 aliphatic heterocycles. The second-order valence-electron chi connectivity index (χ2n) is 12.4. The first-order chi connectivity index (χ1) is 19.9. The summed E-state index contributed by atoms with van der Waals surface area (Å²) in [5.74, 6) is 0.606. The molecule has 2 aromatic carbocycles. The van der Waals surface area contributed by atoms with Crippen molar-refractivity contribution >= 4 is 18.0 Å². The summed E-state index contributed by atoms with van der Waals surface area (Å²) in [6, 6.07) is 13.3. The van der Waals surface area contributed by atoms with E-state index in [1.807, 2.05) is 48.5 Å². The van der Waals surface area contributed by atoms with Crippen LogP contribution < -0.4 is 9.47 Å². The summed E-state index contributed by atoms with van der Waals surface area (Å²) in [4.78, 5) is 43.8. The van der Waals surface area contributed by atoms with Crippen molar-refractivity contribution in [3.05, 3.63) is 59.7 Å². The quantitative estimate of drug-likeness (QED) is 0.438. The first-order valence-corrected chi connectivity index (χ1v) is 14.7. The van der Waals surface area contributed by atoms with E-state index in [0.717, 1.165) is 36.8 Å². The summed E-state index contributed by atoms with van der Waals surface area (Å²) in [7, 11) is 4.81. The van der Waals surface area contributed by atoms with E-state index in [1.165, 1.54) is 9.80 Å². The van der Waals surface area contributed by atoms with Crippen LogP contribution in [0, 0.1) is 5.92 Å². The number of nitrogens with zero attached hydrogens (tertiary/aromatic N) is 2. The Kier molecular flexibility index (Phi) is 10.0. The molecule has 5 rings (SSSR count). The number of likely N-dealkylation sites (N-methyl/N-ethyl adjacent to an activating group) is 2. The molecule has 2 amide bonds. The van der Waals surface area contributed by atoms with Gasteiger partial charge in [-0.3, -0.25) is 9.69 Å². The number of amides is 2. The van der Waals surface area contributed by atoms with Crippen LogP contribution in [0.4, 0.5) is 4.79 Å². The Balaban J connectivity index is 1.69. The highest BCUT2D eigenvalue weighted by Crippen LogP contribution is 2.36. The minimum Gasteiger partial charge on any atom is -0.493 e. The van der Waals surface area contributed by atoms with Gasteiger partial charge in [-0.25, -0.2) is 9.59 Å². The van der Waals surface area contributed by atoms with E-state index in [-0.39, 0.29) is 31.0 Å². The Morgan fingerprint density at radius 3 is 2.38 bits per heavy atom.